The third kappa shape index (κ3) is 2.62. The van der Waals surface area contributed by atoms with Gasteiger partial charge in [0.15, 0.2) is 0 Å². The molecule has 3 nitrogen and oxygen atoms in total. The van der Waals surface area contributed by atoms with Crippen molar-refractivity contribution in [3.8, 4) is 0 Å². The fraction of sp³-hybridized carbons (Fsp3) is 0.250. The van der Waals surface area contributed by atoms with Crippen LogP contribution in [0.5, 0.6) is 0 Å². The van der Waals surface area contributed by atoms with E-state index in [0.717, 1.165) is 11.4 Å². The Bertz CT molecular complexity index is 464. The maximum atomic E-state index is 10.1. The lowest BCUT2D eigenvalue weighted by Gasteiger charge is -2.10. The predicted molar refractivity (Wildman–Crippen MR) is 71.0 cm³/mol. The van der Waals surface area contributed by atoms with Crippen molar-refractivity contribution in [3.05, 3.63) is 51.6 Å². The first-order valence-corrected chi connectivity index (χ1v) is 6.14. The normalized spacial score (nSPS) is 12.7. The highest BCUT2D eigenvalue weighted by molar-refractivity contribution is 14.1. The molecule has 0 saturated heterocycles. The minimum absolute atomic E-state index is 0.488. The molecule has 1 N–H and O–H groups in total. The minimum Gasteiger partial charge on any atom is -0.388 e. The van der Waals surface area contributed by atoms with Gasteiger partial charge in [-0.25, -0.2) is 4.98 Å². The second kappa shape index (κ2) is 4.97. The first kappa shape index (κ1) is 11.6. The van der Waals surface area contributed by atoms with Gasteiger partial charge >= 0.3 is 0 Å². The molecule has 0 bridgehead atoms. The lowest BCUT2D eigenvalue weighted by Crippen LogP contribution is -2.06. The average Bonchev–Trinajstić information content (AvgIpc) is 2.65. The van der Waals surface area contributed by atoms with Crippen molar-refractivity contribution >= 4 is 22.6 Å². The summed E-state index contributed by atoms with van der Waals surface area (Å²) >= 11 is 2.25. The molecule has 0 aliphatic carbocycles. The second-order valence-electron chi connectivity index (χ2n) is 3.73. The van der Waals surface area contributed by atoms with Crippen molar-refractivity contribution < 1.29 is 5.11 Å². The molecule has 0 aliphatic heterocycles. The van der Waals surface area contributed by atoms with E-state index in [-0.39, 0.29) is 0 Å². The number of hydrogen-bond donors (Lipinski definition) is 1. The van der Waals surface area contributed by atoms with Gasteiger partial charge in [-0.3, -0.25) is 0 Å². The molecule has 1 aromatic heterocycles. The molecule has 2 rings (SSSR count). The first-order chi connectivity index (χ1) is 7.66. The van der Waals surface area contributed by atoms with Gasteiger partial charge in [0.2, 0.25) is 0 Å². The van der Waals surface area contributed by atoms with E-state index in [9.17, 15) is 5.11 Å². The zero-order valence-electron chi connectivity index (χ0n) is 8.97. The van der Waals surface area contributed by atoms with E-state index in [1.807, 2.05) is 42.1 Å². The smallest absolute Gasteiger partial charge is 0.111 e. The lowest BCUT2D eigenvalue weighted by molar-refractivity contribution is 0.175. The Morgan fingerprint density at radius 2 is 2.06 bits per heavy atom. The SMILES string of the molecule is Cn1ccnc1CC(O)c1ccc(I)cc1. The third-order valence-corrected chi connectivity index (χ3v) is 3.27. The van der Waals surface area contributed by atoms with E-state index in [0.29, 0.717) is 6.42 Å². The van der Waals surface area contributed by atoms with Crippen molar-refractivity contribution in [1.82, 2.24) is 9.55 Å². The fourth-order valence-corrected chi connectivity index (χ4v) is 1.93. The van der Waals surface area contributed by atoms with Gasteiger partial charge in [-0.1, -0.05) is 12.1 Å². The Hall–Kier alpha value is -0.880. The minimum atomic E-state index is -0.488. The highest BCUT2D eigenvalue weighted by Crippen LogP contribution is 2.18. The largest absolute Gasteiger partial charge is 0.388 e. The monoisotopic (exact) mass is 328 g/mol. The van der Waals surface area contributed by atoms with E-state index in [2.05, 4.69) is 27.6 Å². The van der Waals surface area contributed by atoms with Crippen LogP contribution in [0.4, 0.5) is 0 Å². The van der Waals surface area contributed by atoms with Crippen molar-refractivity contribution in [3.63, 3.8) is 0 Å². The number of imidazole rings is 1. The summed E-state index contributed by atoms with van der Waals surface area (Å²) in [5.41, 5.74) is 0.934. The van der Waals surface area contributed by atoms with Crippen molar-refractivity contribution in [2.45, 2.75) is 12.5 Å². The van der Waals surface area contributed by atoms with Crippen LogP contribution in [0, 0.1) is 3.57 Å². The number of halogens is 1. The summed E-state index contributed by atoms with van der Waals surface area (Å²) in [6, 6.07) is 7.90. The molecule has 84 valence electrons. The summed E-state index contributed by atoms with van der Waals surface area (Å²) in [5, 5.41) is 10.1. The van der Waals surface area contributed by atoms with Gasteiger partial charge in [0, 0.05) is 29.4 Å². The zero-order chi connectivity index (χ0) is 11.5. The predicted octanol–water partition coefficient (Wildman–Crippen LogP) is 2.30. The highest BCUT2D eigenvalue weighted by Gasteiger charge is 2.10. The summed E-state index contributed by atoms with van der Waals surface area (Å²) in [6.45, 7) is 0. The molecular weight excluding hydrogens is 315 g/mol. The van der Waals surface area contributed by atoms with Crippen LogP contribution >= 0.6 is 22.6 Å². The summed E-state index contributed by atoms with van der Waals surface area (Å²) < 4.78 is 3.10. The first-order valence-electron chi connectivity index (χ1n) is 5.06. The van der Waals surface area contributed by atoms with Crippen molar-refractivity contribution in [2.24, 2.45) is 7.05 Å². The fourth-order valence-electron chi connectivity index (χ4n) is 1.57. The summed E-state index contributed by atoms with van der Waals surface area (Å²) in [4.78, 5) is 4.20. The summed E-state index contributed by atoms with van der Waals surface area (Å²) in [6.07, 6.45) is 3.69. The molecule has 0 fully saturated rings. The number of hydrogen-bond acceptors (Lipinski definition) is 2. The van der Waals surface area contributed by atoms with Gasteiger partial charge < -0.3 is 9.67 Å². The topological polar surface area (TPSA) is 38.0 Å². The molecule has 0 radical (unpaired) electrons. The lowest BCUT2D eigenvalue weighted by atomic mass is 10.1. The number of nitrogens with zero attached hydrogens (tertiary/aromatic N) is 2. The molecular formula is C12H13IN2O. The van der Waals surface area contributed by atoms with Crippen LogP contribution in [0.15, 0.2) is 36.7 Å². The van der Waals surface area contributed by atoms with Gasteiger partial charge in [0.25, 0.3) is 0 Å². The van der Waals surface area contributed by atoms with Gasteiger partial charge in [0.1, 0.15) is 5.82 Å². The van der Waals surface area contributed by atoms with Gasteiger partial charge in [-0.05, 0) is 40.3 Å². The van der Waals surface area contributed by atoms with E-state index < -0.39 is 6.10 Å². The van der Waals surface area contributed by atoms with Crippen LogP contribution in [0.3, 0.4) is 0 Å². The second-order valence-corrected chi connectivity index (χ2v) is 4.97. The maximum absolute atomic E-state index is 10.1. The summed E-state index contributed by atoms with van der Waals surface area (Å²) in [5.74, 6) is 0.894. The molecule has 0 amide bonds. The van der Waals surface area contributed by atoms with E-state index in [4.69, 9.17) is 0 Å². The number of aliphatic hydroxyl groups excluding tert-OH is 1. The standard InChI is InChI=1S/C12H13IN2O/c1-15-7-6-14-12(15)8-11(16)9-2-4-10(13)5-3-9/h2-7,11,16H,8H2,1H3. The maximum Gasteiger partial charge on any atom is 0.111 e. The average molecular weight is 328 g/mol. The van der Waals surface area contributed by atoms with E-state index >= 15 is 0 Å². The van der Waals surface area contributed by atoms with Crippen molar-refractivity contribution in [2.75, 3.05) is 0 Å². The van der Waals surface area contributed by atoms with Crippen LogP contribution in [0.1, 0.15) is 17.5 Å². The Labute approximate surface area is 108 Å². The van der Waals surface area contributed by atoms with Gasteiger partial charge in [0.05, 0.1) is 6.10 Å². The molecule has 1 aromatic carbocycles. The molecule has 16 heavy (non-hydrogen) atoms. The molecule has 0 spiro atoms. The molecule has 0 aliphatic rings. The molecule has 1 heterocycles. The van der Waals surface area contributed by atoms with E-state index in [1.54, 1.807) is 6.20 Å². The number of aromatic nitrogens is 2. The highest BCUT2D eigenvalue weighted by atomic mass is 127. The Morgan fingerprint density at radius 3 is 2.62 bits per heavy atom. The van der Waals surface area contributed by atoms with Gasteiger partial charge in [-0.2, -0.15) is 0 Å². The Balaban J connectivity index is 2.11. The Kier molecular flexibility index (Phi) is 3.60. The number of aryl methyl sites for hydroxylation is 1. The quantitative estimate of drug-likeness (QED) is 0.878. The van der Waals surface area contributed by atoms with Crippen LogP contribution in [-0.2, 0) is 13.5 Å². The molecule has 1 unspecified atom stereocenters. The van der Waals surface area contributed by atoms with Crippen LogP contribution in [0.2, 0.25) is 0 Å². The zero-order valence-corrected chi connectivity index (χ0v) is 11.1. The van der Waals surface area contributed by atoms with Crippen molar-refractivity contribution in [1.29, 1.82) is 0 Å². The van der Waals surface area contributed by atoms with Crippen LogP contribution < -0.4 is 0 Å². The van der Waals surface area contributed by atoms with Gasteiger partial charge in [-0.15, -0.1) is 0 Å². The number of aliphatic hydroxyl groups is 1. The third-order valence-electron chi connectivity index (χ3n) is 2.55. The molecule has 0 saturated carbocycles. The van der Waals surface area contributed by atoms with Crippen LogP contribution in [-0.4, -0.2) is 14.7 Å². The number of rotatable bonds is 3. The summed E-state index contributed by atoms with van der Waals surface area (Å²) in [7, 11) is 1.93. The molecule has 2 aromatic rings. The molecule has 4 heteroatoms. The Morgan fingerprint density at radius 1 is 1.38 bits per heavy atom. The van der Waals surface area contributed by atoms with E-state index in [1.165, 1.54) is 3.57 Å². The number of benzene rings is 1. The molecule has 1 atom stereocenters. The van der Waals surface area contributed by atoms with Crippen LogP contribution in [0.25, 0.3) is 0 Å².